The molecule has 4 aromatic heterocycles. The summed E-state index contributed by atoms with van der Waals surface area (Å²) in [6, 6.07) is 52.8. The van der Waals surface area contributed by atoms with E-state index in [-0.39, 0.29) is 0 Å². The topological polar surface area (TPSA) is 51.8 Å². The van der Waals surface area contributed by atoms with Gasteiger partial charge >= 0.3 is 0 Å². The quantitative estimate of drug-likeness (QED) is 0.185. The van der Waals surface area contributed by atoms with Gasteiger partial charge in [0, 0.05) is 65.6 Å². The van der Waals surface area contributed by atoms with E-state index in [1.807, 2.05) is 60.1 Å². The number of pyridine rings is 1. The van der Waals surface area contributed by atoms with Gasteiger partial charge in [0.15, 0.2) is 5.82 Å². The molecule has 0 bridgehead atoms. The molecule has 50 heavy (non-hydrogen) atoms. The van der Waals surface area contributed by atoms with Gasteiger partial charge in [0.05, 0.1) is 11.4 Å². The van der Waals surface area contributed by atoms with E-state index in [1.165, 1.54) is 20.2 Å². The Morgan fingerprint density at radius 3 is 1.98 bits per heavy atom. The maximum Gasteiger partial charge on any atom is 0.160 e. The van der Waals surface area contributed by atoms with Crippen LogP contribution in [0.5, 0.6) is 0 Å². The van der Waals surface area contributed by atoms with Crippen molar-refractivity contribution in [3.8, 4) is 56.2 Å². The van der Waals surface area contributed by atoms with E-state index in [1.54, 1.807) is 0 Å². The molecule has 4 heterocycles. The predicted octanol–water partition coefficient (Wildman–Crippen LogP) is 12.5. The fraction of sp³-hybridized carbons (Fsp3) is 0. The van der Waals surface area contributed by atoms with Crippen molar-refractivity contribution in [1.82, 2.24) is 15.0 Å². The minimum absolute atomic E-state index is 0.677. The largest absolute Gasteiger partial charge is 0.455 e. The van der Waals surface area contributed by atoms with Crippen molar-refractivity contribution >= 4 is 53.4 Å². The predicted molar refractivity (Wildman–Crippen MR) is 207 cm³/mol. The zero-order chi connectivity index (χ0) is 33.0. The molecule has 0 spiro atoms. The molecule has 0 unspecified atom stereocenters. The molecule has 4 nitrogen and oxygen atoms in total. The number of para-hydroxylation sites is 1. The van der Waals surface area contributed by atoms with Gasteiger partial charge in [0.1, 0.15) is 11.2 Å². The van der Waals surface area contributed by atoms with Gasteiger partial charge in [-0.05, 0) is 59.2 Å². The number of hydrogen-bond donors (Lipinski definition) is 0. The summed E-state index contributed by atoms with van der Waals surface area (Å²) in [7, 11) is 0. The molecular weight excluding hydrogens is 631 g/mol. The third kappa shape index (κ3) is 4.71. The second-order valence-corrected chi connectivity index (χ2v) is 13.5. The van der Waals surface area contributed by atoms with Crippen LogP contribution in [0.1, 0.15) is 0 Å². The van der Waals surface area contributed by atoms with Gasteiger partial charge in [-0.25, -0.2) is 9.97 Å². The average molecular weight is 658 g/mol. The highest BCUT2D eigenvalue weighted by Crippen LogP contribution is 2.46. The molecule has 10 rings (SSSR count). The van der Waals surface area contributed by atoms with Crippen molar-refractivity contribution < 1.29 is 4.42 Å². The molecule has 0 saturated carbocycles. The average Bonchev–Trinajstić information content (AvgIpc) is 3.77. The number of nitrogens with zero attached hydrogens (tertiary/aromatic N) is 3. The molecule has 0 aliphatic rings. The zero-order valence-corrected chi connectivity index (χ0v) is 27.6. The minimum atomic E-state index is 0.677. The Bertz CT molecular complexity index is 2860. The number of fused-ring (bicyclic) bond motifs is 6. The molecule has 234 valence electrons. The van der Waals surface area contributed by atoms with Crippen LogP contribution in [0.4, 0.5) is 0 Å². The Labute approximate surface area is 292 Å². The molecule has 0 saturated heterocycles. The molecule has 10 aromatic rings. The fourth-order valence-corrected chi connectivity index (χ4v) is 8.21. The maximum atomic E-state index is 6.78. The van der Waals surface area contributed by atoms with Crippen LogP contribution < -0.4 is 0 Å². The standard InChI is InChI=1S/C45H27N3OS/c1-2-9-31(10-3-1)45-47-37(30-19-17-28(18-20-30)29-23-25-46-26-24-29)27-38(48-45)34-22-21-33(44-43(34)35-11-4-6-14-39(35)49-44)32-13-8-16-41-42(32)36-12-5-7-15-40(36)50-41/h1-27H. The van der Waals surface area contributed by atoms with Gasteiger partial charge < -0.3 is 4.42 Å². The second-order valence-electron chi connectivity index (χ2n) is 12.4. The monoisotopic (exact) mass is 657 g/mol. The minimum Gasteiger partial charge on any atom is -0.455 e. The molecule has 6 aromatic carbocycles. The first kappa shape index (κ1) is 28.6. The van der Waals surface area contributed by atoms with Crippen LogP contribution in [0.3, 0.4) is 0 Å². The SMILES string of the molecule is c1ccc(-c2nc(-c3ccc(-c4ccncc4)cc3)cc(-c3ccc(-c4cccc5sc6ccccc6c45)c4oc5ccccc5c34)n2)cc1. The van der Waals surface area contributed by atoms with Crippen molar-refractivity contribution in [3.05, 3.63) is 164 Å². The summed E-state index contributed by atoms with van der Waals surface area (Å²) in [5, 5.41) is 4.63. The van der Waals surface area contributed by atoms with Crippen LogP contribution in [0.15, 0.2) is 168 Å². The van der Waals surface area contributed by atoms with E-state index >= 15 is 0 Å². The van der Waals surface area contributed by atoms with Crippen molar-refractivity contribution in [3.63, 3.8) is 0 Å². The van der Waals surface area contributed by atoms with Crippen LogP contribution in [0, 0.1) is 0 Å². The molecule has 0 atom stereocenters. The summed E-state index contributed by atoms with van der Waals surface area (Å²) in [6.07, 6.45) is 3.64. The van der Waals surface area contributed by atoms with Crippen molar-refractivity contribution in [2.24, 2.45) is 0 Å². The Morgan fingerprint density at radius 2 is 1.12 bits per heavy atom. The van der Waals surface area contributed by atoms with Gasteiger partial charge in [0.25, 0.3) is 0 Å². The van der Waals surface area contributed by atoms with E-state index in [0.717, 1.165) is 72.3 Å². The summed E-state index contributed by atoms with van der Waals surface area (Å²) >= 11 is 1.83. The Balaban J connectivity index is 1.21. The second kappa shape index (κ2) is 11.6. The van der Waals surface area contributed by atoms with E-state index in [0.29, 0.717) is 5.82 Å². The van der Waals surface area contributed by atoms with Gasteiger partial charge in [-0.15, -0.1) is 11.3 Å². The molecule has 0 amide bonds. The highest BCUT2D eigenvalue weighted by atomic mass is 32.1. The van der Waals surface area contributed by atoms with Crippen LogP contribution in [-0.2, 0) is 0 Å². The van der Waals surface area contributed by atoms with E-state index < -0.39 is 0 Å². The normalized spacial score (nSPS) is 11.6. The lowest BCUT2D eigenvalue weighted by Crippen LogP contribution is -1.96. The van der Waals surface area contributed by atoms with Crippen molar-refractivity contribution in [2.75, 3.05) is 0 Å². The molecular formula is C45H27N3OS. The lowest BCUT2D eigenvalue weighted by molar-refractivity contribution is 0.670. The van der Waals surface area contributed by atoms with Crippen molar-refractivity contribution in [2.45, 2.75) is 0 Å². The maximum absolute atomic E-state index is 6.78. The highest BCUT2D eigenvalue weighted by Gasteiger charge is 2.21. The van der Waals surface area contributed by atoms with Crippen LogP contribution in [-0.4, -0.2) is 15.0 Å². The summed E-state index contributed by atoms with van der Waals surface area (Å²) in [5.74, 6) is 0.677. The third-order valence-corrected chi connectivity index (χ3v) is 10.6. The molecule has 5 heteroatoms. The summed E-state index contributed by atoms with van der Waals surface area (Å²) in [4.78, 5) is 14.5. The van der Waals surface area contributed by atoms with Crippen molar-refractivity contribution in [1.29, 1.82) is 0 Å². The summed E-state index contributed by atoms with van der Waals surface area (Å²) in [6.45, 7) is 0. The fourth-order valence-electron chi connectivity index (χ4n) is 7.08. The molecule has 0 aliphatic heterocycles. The van der Waals surface area contributed by atoms with E-state index in [9.17, 15) is 0 Å². The van der Waals surface area contributed by atoms with E-state index in [4.69, 9.17) is 14.4 Å². The number of benzene rings is 6. The number of thiophene rings is 1. The van der Waals surface area contributed by atoms with Gasteiger partial charge in [-0.2, -0.15) is 0 Å². The molecule has 0 aliphatic carbocycles. The lowest BCUT2D eigenvalue weighted by Gasteiger charge is -2.12. The van der Waals surface area contributed by atoms with Gasteiger partial charge in [-0.3, -0.25) is 4.98 Å². The molecule has 0 N–H and O–H groups in total. The summed E-state index contributed by atoms with van der Waals surface area (Å²) in [5.41, 5.74) is 10.9. The summed E-state index contributed by atoms with van der Waals surface area (Å²) < 4.78 is 9.32. The highest BCUT2D eigenvalue weighted by molar-refractivity contribution is 7.25. The number of aromatic nitrogens is 3. The molecule has 0 fully saturated rings. The van der Waals surface area contributed by atoms with Crippen LogP contribution >= 0.6 is 11.3 Å². The Hall–Kier alpha value is -6.43. The lowest BCUT2D eigenvalue weighted by atomic mass is 9.94. The zero-order valence-electron chi connectivity index (χ0n) is 26.7. The first-order chi connectivity index (χ1) is 24.8. The Kier molecular flexibility index (Phi) is 6.64. The first-order valence-electron chi connectivity index (χ1n) is 16.6. The van der Waals surface area contributed by atoms with Gasteiger partial charge in [0.2, 0.25) is 0 Å². The first-order valence-corrected chi connectivity index (χ1v) is 17.4. The number of furan rings is 1. The van der Waals surface area contributed by atoms with Crippen LogP contribution in [0.25, 0.3) is 98.3 Å². The van der Waals surface area contributed by atoms with Gasteiger partial charge in [-0.1, -0.05) is 109 Å². The van der Waals surface area contributed by atoms with E-state index in [2.05, 4.69) is 120 Å². The third-order valence-electron chi connectivity index (χ3n) is 9.45. The smallest absolute Gasteiger partial charge is 0.160 e. The molecule has 0 radical (unpaired) electrons. The number of rotatable bonds is 5. The number of hydrogen-bond acceptors (Lipinski definition) is 5. The van der Waals surface area contributed by atoms with Crippen LogP contribution in [0.2, 0.25) is 0 Å². The Morgan fingerprint density at radius 1 is 0.440 bits per heavy atom.